The fraction of sp³-hybridized carbons (Fsp3) is 0.357. The highest BCUT2D eigenvalue weighted by atomic mass is 32.1. The van der Waals surface area contributed by atoms with Gasteiger partial charge in [-0.1, -0.05) is 24.3 Å². The molecule has 38 heavy (non-hydrogen) atoms. The Bertz CT molecular complexity index is 1490. The second-order valence-corrected chi connectivity index (χ2v) is 11.8. The van der Waals surface area contributed by atoms with E-state index in [9.17, 15) is 4.79 Å². The molecule has 3 aliphatic heterocycles. The number of aryl methyl sites for hydroxylation is 1. The van der Waals surface area contributed by atoms with Crippen molar-refractivity contribution in [2.45, 2.75) is 38.8 Å². The topological polar surface area (TPSA) is 87.3 Å². The molecule has 6 rings (SSSR count). The van der Waals surface area contributed by atoms with E-state index in [2.05, 4.69) is 51.9 Å². The van der Waals surface area contributed by atoms with Crippen molar-refractivity contribution in [2.75, 3.05) is 25.0 Å². The Morgan fingerprint density at radius 3 is 2.84 bits per heavy atom. The molecule has 0 saturated heterocycles. The molecule has 1 atom stereocenters. The van der Waals surface area contributed by atoms with E-state index in [1.807, 2.05) is 51.0 Å². The number of fused-ring (bicyclic) bond motifs is 2. The lowest BCUT2D eigenvalue weighted by Crippen LogP contribution is -2.41. The second kappa shape index (κ2) is 9.43. The predicted molar refractivity (Wildman–Crippen MR) is 152 cm³/mol. The summed E-state index contributed by atoms with van der Waals surface area (Å²) in [5.41, 5.74) is 2.36. The lowest BCUT2D eigenvalue weighted by molar-refractivity contribution is 0.0263. The van der Waals surface area contributed by atoms with Gasteiger partial charge in [0, 0.05) is 36.3 Å². The third-order valence-corrected chi connectivity index (χ3v) is 7.64. The van der Waals surface area contributed by atoms with Gasteiger partial charge < -0.3 is 19.9 Å². The van der Waals surface area contributed by atoms with Gasteiger partial charge in [0.15, 0.2) is 11.7 Å². The van der Waals surface area contributed by atoms with Crippen LogP contribution in [0, 0.1) is 0 Å². The quantitative estimate of drug-likeness (QED) is 0.496. The van der Waals surface area contributed by atoms with Gasteiger partial charge in [0.2, 0.25) is 0 Å². The minimum atomic E-state index is -0.542. The summed E-state index contributed by atoms with van der Waals surface area (Å²) in [6.07, 6.45) is 8.60. The van der Waals surface area contributed by atoms with Gasteiger partial charge >= 0.3 is 6.09 Å². The maximum Gasteiger partial charge on any atom is 0.410 e. The Hall–Kier alpha value is -3.92. The molecule has 10 heteroatoms. The Kier molecular flexibility index (Phi) is 6.06. The number of carbonyl (C=O) groups excluding carboxylic acids is 1. The molecule has 5 heterocycles. The van der Waals surface area contributed by atoms with Gasteiger partial charge in [-0.15, -0.1) is 11.3 Å². The molecule has 196 valence electrons. The van der Waals surface area contributed by atoms with Crippen LogP contribution in [0.2, 0.25) is 0 Å². The van der Waals surface area contributed by atoms with Gasteiger partial charge in [-0.25, -0.2) is 9.79 Å². The molecular weight excluding hydrogens is 498 g/mol. The number of amidine groups is 2. The maximum atomic E-state index is 12.8. The van der Waals surface area contributed by atoms with E-state index in [0.29, 0.717) is 25.5 Å². The van der Waals surface area contributed by atoms with Crippen LogP contribution in [0.15, 0.2) is 76.3 Å². The summed E-state index contributed by atoms with van der Waals surface area (Å²) in [6.45, 7) is 7.34. The number of thiophene rings is 1. The van der Waals surface area contributed by atoms with E-state index in [0.717, 1.165) is 34.1 Å². The van der Waals surface area contributed by atoms with Crippen LogP contribution in [-0.2, 0) is 11.8 Å². The van der Waals surface area contributed by atoms with E-state index in [1.54, 1.807) is 16.2 Å². The van der Waals surface area contributed by atoms with Crippen LogP contribution in [0.5, 0.6) is 0 Å². The molecule has 2 aromatic heterocycles. The number of aromatic nitrogens is 2. The summed E-state index contributed by atoms with van der Waals surface area (Å²) < 4.78 is 8.67. The van der Waals surface area contributed by atoms with Crippen LogP contribution in [0.3, 0.4) is 0 Å². The zero-order valence-electron chi connectivity index (χ0n) is 22.0. The minimum absolute atomic E-state index is 0.0227. The molecule has 0 spiro atoms. The van der Waals surface area contributed by atoms with E-state index >= 15 is 0 Å². The van der Waals surface area contributed by atoms with E-state index < -0.39 is 5.60 Å². The Labute approximate surface area is 225 Å². The number of nitrogens with zero attached hydrogens (tertiary/aromatic N) is 6. The standard InChI is InChI=1S/C28H31N7O2S/c1-28(2,3)37-27(36)34-11-7-9-19(16-34)21-17-35-22(20-13-30-33(4)15-20)14-29-26(35)25(31-21)32-24-12-18-8-5-6-10-23(18)38-24/h5-6,8-10,12-13,15,17,22H,7,11,14,16H2,1-4H3,(H,31,32). The number of hydrogen-bond donors (Lipinski definition) is 1. The Morgan fingerprint density at radius 2 is 2.08 bits per heavy atom. The van der Waals surface area contributed by atoms with Gasteiger partial charge in [-0.2, -0.15) is 5.10 Å². The average Bonchev–Trinajstić information content (AvgIpc) is 3.60. The smallest absolute Gasteiger partial charge is 0.410 e. The molecule has 1 amide bonds. The van der Waals surface area contributed by atoms with Gasteiger partial charge in [-0.3, -0.25) is 9.67 Å². The van der Waals surface area contributed by atoms with Crippen molar-refractivity contribution in [3.05, 3.63) is 71.8 Å². The number of anilines is 1. The first-order chi connectivity index (χ1) is 18.2. The molecule has 3 aromatic rings. The highest BCUT2D eigenvalue weighted by molar-refractivity contribution is 7.23. The number of aliphatic imine (C=N–C) groups is 2. The van der Waals surface area contributed by atoms with Crippen molar-refractivity contribution in [1.29, 1.82) is 0 Å². The number of ether oxygens (including phenoxy) is 1. The molecule has 0 fully saturated rings. The number of nitrogens with one attached hydrogen (secondary N) is 1. The molecule has 3 aliphatic rings. The van der Waals surface area contributed by atoms with Crippen LogP contribution in [0.1, 0.15) is 38.8 Å². The first-order valence-electron chi connectivity index (χ1n) is 12.8. The summed E-state index contributed by atoms with van der Waals surface area (Å²) in [7, 11) is 1.92. The zero-order chi connectivity index (χ0) is 26.4. The SMILES string of the molecule is Cn1cc(C2CN=C3C(Nc4cc5ccccc5s4)=NC(C4=CCCN(C(=O)OC(C)(C)C)C4)=CN32)cn1. The number of amides is 1. The molecule has 0 saturated carbocycles. The predicted octanol–water partition coefficient (Wildman–Crippen LogP) is 5.32. The van der Waals surface area contributed by atoms with Crippen LogP contribution in [0.25, 0.3) is 10.1 Å². The van der Waals surface area contributed by atoms with Crippen LogP contribution >= 0.6 is 11.3 Å². The molecule has 1 N–H and O–H groups in total. The Morgan fingerprint density at radius 1 is 1.24 bits per heavy atom. The first kappa shape index (κ1) is 24.4. The van der Waals surface area contributed by atoms with Gasteiger partial charge in [0.05, 0.1) is 36.0 Å². The number of rotatable bonds is 3. The van der Waals surface area contributed by atoms with Crippen LogP contribution < -0.4 is 5.32 Å². The van der Waals surface area contributed by atoms with E-state index in [-0.39, 0.29) is 12.1 Å². The number of carbonyl (C=O) groups is 1. The third kappa shape index (κ3) is 4.83. The fourth-order valence-corrected chi connectivity index (χ4v) is 5.82. The fourth-order valence-electron chi connectivity index (χ4n) is 4.86. The maximum absolute atomic E-state index is 12.8. The van der Waals surface area contributed by atoms with E-state index in [1.165, 1.54) is 10.1 Å². The third-order valence-electron chi connectivity index (χ3n) is 6.61. The molecule has 0 bridgehead atoms. The first-order valence-corrected chi connectivity index (χ1v) is 13.6. The molecule has 1 unspecified atom stereocenters. The van der Waals surface area contributed by atoms with Gasteiger partial charge in [0.25, 0.3) is 0 Å². The van der Waals surface area contributed by atoms with Gasteiger partial charge in [-0.05, 0) is 50.3 Å². The number of benzene rings is 1. The molecular formula is C28H31N7O2S. The molecule has 0 aliphatic carbocycles. The Balaban J connectivity index is 1.33. The average molecular weight is 530 g/mol. The summed E-state index contributed by atoms with van der Waals surface area (Å²) in [5, 5.41) is 10.1. The van der Waals surface area contributed by atoms with Crippen molar-refractivity contribution in [2.24, 2.45) is 17.0 Å². The zero-order valence-corrected chi connectivity index (χ0v) is 22.8. The molecule has 1 aromatic carbocycles. The summed E-state index contributed by atoms with van der Waals surface area (Å²) in [4.78, 5) is 26.7. The largest absolute Gasteiger partial charge is 0.444 e. The second-order valence-electron chi connectivity index (χ2n) is 10.7. The lowest BCUT2D eigenvalue weighted by Gasteiger charge is -2.32. The van der Waals surface area contributed by atoms with Crippen molar-refractivity contribution in [3.8, 4) is 0 Å². The van der Waals surface area contributed by atoms with Gasteiger partial charge in [0.1, 0.15) is 5.60 Å². The van der Waals surface area contributed by atoms with Crippen LogP contribution in [0.4, 0.5) is 9.80 Å². The van der Waals surface area contributed by atoms with Crippen molar-refractivity contribution in [3.63, 3.8) is 0 Å². The van der Waals surface area contributed by atoms with E-state index in [4.69, 9.17) is 14.7 Å². The lowest BCUT2D eigenvalue weighted by atomic mass is 10.1. The molecule has 9 nitrogen and oxygen atoms in total. The highest BCUT2D eigenvalue weighted by Crippen LogP contribution is 2.35. The van der Waals surface area contributed by atoms with Crippen molar-refractivity contribution < 1.29 is 9.53 Å². The number of hydrogen-bond acceptors (Lipinski definition) is 8. The van der Waals surface area contributed by atoms with Crippen molar-refractivity contribution in [1.82, 2.24) is 19.6 Å². The van der Waals surface area contributed by atoms with Crippen LogP contribution in [-0.4, -0.2) is 62.6 Å². The minimum Gasteiger partial charge on any atom is -0.444 e. The summed E-state index contributed by atoms with van der Waals surface area (Å²) in [6, 6.07) is 10.5. The monoisotopic (exact) mass is 529 g/mol. The normalized spacial score (nSPS) is 19.5. The summed E-state index contributed by atoms with van der Waals surface area (Å²) in [5.74, 6) is 1.51. The summed E-state index contributed by atoms with van der Waals surface area (Å²) >= 11 is 1.69. The van der Waals surface area contributed by atoms with Crippen molar-refractivity contribution >= 4 is 44.2 Å². The highest BCUT2D eigenvalue weighted by Gasteiger charge is 2.36. The molecule has 0 radical (unpaired) electrons.